The highest BCUT2D eigenvalue weighted by Gasteiger charge is 2.27. The number of benzene rings is 1. The molecule has 1 aliphatic carbocycles. The SMILES string of the molecule is CC(C)NC(=O)CSc1ccccc1C(=O)NC1CCC(C(=O)O)CC1. The maximum atomic E-state index is 12.6. The van der Waals surface area contributed by atoms with Crippen LogP contribution in [0.3, 0.4) is 0 Å². The quantitative estimate of drug-likeness (QED) is 0.634. The molecule has 0 bridgehead atoms. The fraction of sp³-hybridized carbons (Fsp3) is 0.526. The number of nitrogens with one attached hydrogen (secondary N) is 2. The molecule has 2 amide bonds. The van der Waals surface area contributed by atoms with Gasteiger partial charge in [0.1, 0.15) is 0 Å². The molecule has 26 heavy (non-hydrogen) atoms. The van der Waals surface area contributed by atoms with Crippen molar-refractivity contribution in [2.24, 2.45) is 5.92 Å². The number of aliphatic carboxylic acids is 1. The Hall–Kier alpha value is -2.02. The van der Waals surface area contributed by atoms with Crippen LogP contribution >= 0.6 is 11.8 Å². The monoisotopic (exact) mass is 378 g/mol. The zero-order chi connectivity index (χ0) is 19.1. The number of carbonyl (C=O) groups excluding carboxylic acids is 2. The molecule has 0 atom stereocenters. The van der Waals surface area contributed by atoms with E-state index < -0.39 is 5.97 Å². The van der Waals surface area contributed by atoms with E-state index in [0.29, 0.717) is 31.2 Å². The van der Waals surface area contributed by atoms with Crippen molar-refractivity contribution in [1.29, 1.82) is 0 Å². The molecule has 0 radical (unpaired) electrons. The van der Waals surface area contributed by atoms with Crippen LogP contribution < -0.4 is 10.6 Å². The summed E-state index contributed by atoms with van der Waals surface area (Å²) in [6.07, 6.45) is 2.53. The van der Waals surface area contributed by atoms with E-state index in [2.05, 4.69) is 10.6 Å². The Balaban J connectivity index is 1.93. The van der Waals surface area contributed by atoms with Gasteiger partial charge in [0.15, 0.2) is 0 Å². The van der Waals surface area contributed by atoms with Crippen LogP contribution in [0.15, 0.2) is 29.2 Å². The Labute approximate surface area is 158 Å². The van der Waals surface area contributed by atoms with Crippen molar-refractivity contribution < 1.29 is 19.5 Å². The molecule has 0 saturated heterocycles. The summed E-state index contributed by atoms with van der Waals surface area (Å²) >= 11 is 1.34. The van der Waals surface area contributed by atoms with Gasteiger partial charge >= 0.3 is 5.97 Å². The first-order chi connectivity index (χ1) is 12.4. The molecule has 0 unspecified atom stereocenters. The lowest BCUT2D eigenvalue weighted by atomic mass is 9.86. The summed E-state index contributed by atoms with van der Waals surface area (Å²) in [7, 11) is 0. The molecule has 0 heterocycles. The van der Waals surface area contributed by atoms with Crippen LogP contribution in [-0.4, -0.2) is 40.7 Å². The molecule has 7 heteroatoms. The van der Waals surface area contributed by atoms with E-state index in [4.69, 9.17) is 5.11 Å². The van der Waals surface area contributed by atoms with Crippen molar-refractivity contribution in [1.82, 2.24) is 10.6 Å². The van der Waals surface area contributed by atoms with Crippen molar-refractivity contribution in [3.8, 4) is 0 Å². The summed E-state index contributed by atoms with van der Waals surface area (Å²) in [6, 6.07) is 7.32. The van der Waals surface area contributed by atoms with Gasteiger partial charge in [-0.25, -0.2) is 0 Å². The molecule has 3 N–H and O–H groups in total. The zero-order valence-corrected chi connectivity index (χ0v) is 16.0. The van der Waals surface area contributed by atoms with E-state index in [9.17, 15) is 14.4 Å². The highest BCUT2D eigenvalue weighted by molar-refractivity contribution is 8.00. The molecule has 0 aliphatic heterocycles. The van der Waals surface area contributed by atoms with E-state index in [0.717, 1.165) is 4.90 Å². The second-order valence-electron chi connectivity index (χ2n) is 6.87. The summed E-state index contributed by atoms with van der Waals surface area (Å²) in [5.41, 5.74) is 0.551. The van der Waals surface area contributed by atoms with E-state index in [-0.39, 0.29) is 35.6 Å². The van der Waals surface area contributed by atoms with E-state index in [1.54, 1.807) is 12.1 Å². The first-order valence-electron chi connectivity index (χ1n) is 8.91. The number of thioether (sulfide) groups is 1. The molecular weight excluding hydrogens is 352 g/mol. The highest BCUT2D eigenvalue weighted by Crippen LogP contribution is 2.26. The molecule has 2 rings (SSSR count). The molecule has 1 aromatic carbocycles. The smallest absolute Gasteiger partial charge is 0.306 e. The van der Waals surface area contributed by atoms with Gasteiger partial charge in [-0.3, -0.25) is 14.4 Å². The van der Waals surface area contributed by atoms with Crippen LogP contribution in [0.2, 0.25) is 0 Å². The third-order valence-electron chi connectivity index (χ3n) is 4.35. The highest BCUT2D eigenvalue weighted by atomic mass is 32.2. The molecule has 1 aromatic rings. The Morgan fingerprint density at radius 3 is 2.42 bits per heavy atom. The number of carboxylic acids is 1. The lowest BCUT2D eigenvalue weighted by molar-refractivity contribution is -0.142. The molecular formula is C19H26N2O4S. The third-order valence-corrected chi connectivity index (χ3v) is 5.43. The lowest BCUT2D eigenvalue weighted by Crippen LogP contribution is -2.39. The number of hydrogen-bond donors (Lipinski definition) is 3. The van der Waals surface area contributed by atoms with Gasteiger partial charge in [0.25, 0.3) is 5.91 Å². The fourth-order valence-corrected chi connectivity index (χ4v) is 3.90. The van der Waals surface area contributed by atoms with Gasteiger partial charge in [-0.1, -0.05) is 12.1 Å². The summed E-state index contributed by atoms with van der Waals surface area (Å²) in [5, 5.41) is 14.9. The topological polar surface area (TPSA) is 95.5 Å². The van der Waals surface area contributed by atoms with Crippen LogP contribution in [0.1, 0.15) is 49.9 Å². The third kappa shape index (κ3) is 6.05. The Morgan fingerprint density at radius 1 is 1.15 bits per heavy atom. The molecule has 1 fully saturated rings. The second kappa shape index (κ2) is 9.62. The van der Waals surface area contributed by atoms with Crippen molar-refractivity contribution in [2.45, 2.75) is 56.5 Å². The van der Waals surface area contributed by atoms with Crippen molar-refractivity contribution >= 4 is 29.5 Å². The Morgan fingerprint density at radius 2 is 1.81 bits per heavy atom. The summed E-state index contributed by atoms with van der Waals surface area (Å²) in [5.74, 6) is -1.03. The zero-order valence-electron chi connectivity index (χ0n) is 15.2. The number of hydrogen-bond acceptors (Lipinski definition) is 4. The van der Waals surface area contributed by atoms with Crippen LogP contribution in [0, 0.1) is 5.92 Å². The van der Waals surface area contributed by atoms with Crippen LogP contribution in [0.25, 0.3) is 0 Å². The van der Waals surface area contributed by atoms with Crippen molar-refractivity contribution in [3.63, 3.8) is 0 Å². The first kappa shape index (κ1) is 20.3. The van der Waals surface area contributed by atoms with E-state index in [1.807, 2.05) is 26.0 Å². The predicted molar refractivity (Wildman–Crippen MR) is 101 cm³/mol. The Bertz CT molecular complexity index is 655. The number of rotatable bonds is 7. The predicted octanol–water partition coefficient (Wildman–Crippen LogP) is 2.68. The first-order valence-corrected chi connectivity index (χ1v) is 9.90. The number of carboxylic acid groups (broad SMARTS) is 1. The number of amides is 2. The fourth-order valence-electron chi connectivity index (χ4n) is 3.03. The summed E-state index contributed by atoms with van der Waals surface area (Å²) in [4.78, 5) is 36.2. The minimum atomic E-state index is -0.754. The van der Waals surface area contributed by atoms with Gasteiger partial charge in [0.05, 0.1) is 17.2 Å². The van der Waals surface area contributed by atoms with Crippen LogP contribution in [0.4, 0.5) is 0 Å². The largest absolute Gasteiger partial charge is 0.481 e. The Kier molecular flexibility index (Phi) is 7.50. The maximum Gasteiger partial charge on any atom is 0.306 e. The van der Waals surface area contributed by atoms with Gasteiger partial charge in [-0.05, 0) is 51.7 Å². The van der Waals surface area contributed by atoms with E-state index >= 15 is 0 Å². The minimum Gasteiger partial charge on any atom is -0.481 e. The van der Waals surface area contributed by atoms with Crippen LogP contribution in [-0.2, 0) is 9.59 Å². The summed E-state index contributed by atoms with van der Waals surface area (Å²) in [6.45, 7) is 3.81. The van der Waals surface area contributed by atoms with Crippen LogP contribution in [0.5, 0.6) is 0 Å². The average Bonchev–Trinajstić information content (AvgIpc) is 2.60. The standard InChI is InChI=1S/C19H26N2O4S/c1-12(2)20-17(22)11-26-16-6-4-3-5-15(16)18(23)21-14-9-7-13(8-10-14)19(24)25/h3-6,12-14H,7-11H2,1-2H3,(H,20,22)(H,21,23)(H,24,25). The number of carbonyl (C=O) groups is 3. The van der Waals surface area contributed by atoms with Crippen molar-refractivity contribution in [2.75, 3.05) is 5.75 Å². The van der Waals surface area contributed by atoms with Gasteiger partial charge in [-0.2, -0.15) is 0 Å². The van der Waals surface area contributed by atoms with Crippen molar-refractivity contribution in [3.05, 3.63) is 29.8 Å². The van der Waals surface area contributed by atoms with Gasteiger partial charge in [0, 0.05) is 17.0 Å². The molecule has 1 saturated carbocycles. The molecule has 142 valence electrons. The maximum absolute atomic E-state index is 12.6. The van der Waals surface area contributed by atoms with Gasteiger partial charge < -0.3 is 15.7 Å². The second-order valence-corrected chi connectivity index (χ2v) is 7.88. The van der Waals surface area contributed by atoms with Gasteiger partial charge in [-0.15, -0.1) is 11.8 Å². The van der Waals surface area contributed by atoms with E-state index in [1.165, 1.54) is 11.8 Å². The minimum absolute atomic E-state index is 0.000366. The molecule has 1 aliphatic rings. The summed E-state index contributed by atoms with van der Waals surface area (Å²) < 4.78 is 0. The normalized spacial score (nSPS) is 19.8. The molecule has 0 spiro atoms. The lowest BCUT2D eigenvalue weighted by Gasteiger charge is -2.27. The average molecular weight is 378 g/mol. The van der Waals surface area contributed by atoms with Gasteiger partial charge in [0.2, 0.25) is 5.91 Å². The molecule has 6 nitrogen and oxygen atoms in total. The molecule has 0 aromatic heterocycles.